The van der Waals surface area contributed by atoms with E-state index in [1.165, 1.54) is 0 Å². The van der Waals surface area contributed by atoms with Crippen LogP contribution in [0.1, 0.15) is 5.56 Å². The quantitative estimate of drug-likeness (QED) is 0.635. The van der Waals surface area contributed by atoms with Gasteiger partial charge in [0.2, 0.25) is 12.2 Å². The molecule has 70 valence electrons. The lowest BCUT2D eigenvalue weighted by Gasteiger charge is -2.00. The zero-order chi connectivity index (χ0) is 9.54. The van der Waals surface area contributed by atoms with E-state index in [-0.39, 0.29) is 0 Å². The maximum atomic E-state index is 12.9. The summed E-state index contributed by atoms with van der Waals surface area (Å²) in [6, 6.07) is 9.65. The predicted molar refractivity (Wildman–Crippen MR) is 51.0 cm³/mol. The SMILES string of the molecule is FC1Cc2cc3ccccc3nc2O1. The molecule has 0 bridgehead atoms. The van der Waals surface area contributed by atoms with Gasteiger partial charge >= 0.3 is 0 Å². The van der Waals surface area contributed by atoms with Crippen molar-refractivity contribution in [1.82, 2.24) is 4.98 Å². The zero-order valence-corrected chi connectivity index (χ0v) is 7.40. The van der Waals surface area contributed by atoms with Crippen LogP contribution in [0.5, 0.6) is 5.88 Å². The molecule has 0 saturated heterocycles. The maximum absolute atomic E-state index is 12.9. The van der Waals surface area contributed by atoms with E-state index in [9.17, 15) is 4.39 Å². The smallest absolute Gasteiger partial charge is 0.244 e. The number of halogens is 1. The summed E-state index contributed by atoms with van der Waals surface area (Å²) in [5.41, 5.74) is 1.71. The fourth-order valence-electron chi connectivity index (χ4n) is 1.73. The number of fused-ring (bicyclic) bond motifs is 2. The van der Waals surface area contributed by atoms with Gasteiger partial charge in [-0.2, -0.15) is 0 Å². The number of ether oxygens (including phenoxy) is 1. The Hall–Kier alpha value is -1.64. The van der Waals surface area contributed by atoms with E-state index in [4.69, 9.17) is 4.74 Å². The van der Waals surface area contributed by atoms with Crippen LogP contribution in [-0.4, -0.2) is 11.3 Å². The summed E-state index contributed by atoms with van der Waals surface area (Å²) in [7, 11) is 0. The Balaban J connectivity index is 2.27. The van der Waals surface area contributed by atoms with E-state index in [1.54, 1.807) is 0 Å². The average molecular weight is 189 g/mol. The van der Waals surface area contributed by atoms with Crippen molar-refractivity contribution in [3.05, 3.63) is 35.9 Å². The van der Waals surface area contributed by atoms with E-state index in [2.05, 4.69) is 4.98 Å². The Kier molecular flexibility index (Phi) is 1.48. The predicted octanol–water partition coefficient (Wildman–Crippen LogP) is 2.47. The monoisotopic (exact) mass is 189 g/mol. The molecule has 0 radical (unpaired) electrons. The third kappa shape index (κ3) is 1.05. The highest BCUT2D eigenvalue weighted by atomic mass is 19.1. The van der Waals surface area contributed by atoms with Crippen LogP contribution in [-0.2, 0) is 6.42 Å². The van der Waals surface area contributed by atoms with Crippen molar-refractivity contribution >= 4 is 10.9 Å². The Morgan fingerprint density at radius 3 is 3.14 bits per heavy atom. The molecule has 1 aliphatic heterocycles. The van der Waals surface area contributed by atoms with Crippen LogP contribution < -0.4 is 4.74 Å². The second-order valence-electron chi connectivity index (χ2n) is 3.38. The molecule has 2 heterocycles. The fraction of sp³-hybridized carbons (Fsp3) is 0.182. The van der Waals surface area contributed by atoms with Crippen LogP contribution in [0.25, 0.3) is 10.9 Å². The lowest BCUT2D eigenvalue weighted by molar-refractivity contribution is 0.0874. The fourth-order valence-corrected chi connectivity index (χ4v) is 1.73. The van der Waals surface area contributed by atoms with Gasteiger partial charge in [-0.15, -0.1) is 0 Å². The standard InChI is InChI=1S/C11H8FNO/c12-10-6-8-5-7-3-1-2-4-9(7)13-11(8)14-10/h1-5,10H,6H2. The van der Waals surface area contributed by atoms with Crippen molar-refractivity contribution in [3.63, 3.8) is 0 Å². The van der Waals surface area contributed by atoms with Gasteiger partial charge in [0.1, 0.15) is 0 Å². The Morgan fingerprint density at radius 2 is 2.21 bits per heavy atom. The molecule has 2 nitrogen and oxygen atoms in total. The van der Waals surface area contributed by atoms with Gasteiger partial charge in [0.15, 0.2) is 0 Å². The minimum Gasteiger partial charge on any atom is -0.443 e. The molecule has 1 unspecified atom stereocenters. The second kappa shape index (κ2) is 2.67. The molecule has 1 aliphatic rings. The summed E-state index contributed by atoms with van der Waals surface area (Å²) in [6.45, 7) is 0. The zero-order valence-electron chi connectivity index (χ0n) is 7.40. The summed E-state index contributed by atoms with van der Waals surface area (Å²) in [4.78, 5) is 4.24. The molecule has 0 N–H and O–H groups in total. The van der Waals surface area contributed by atoms with Gasteiger partial charge in [-0.05, 0) is 12.1 Å². The number of nitrogens with zero attached hydrogens (tertiary/aromatic N) is 1. The molecule has 1 aromatic heterocycles. The molecule has 0 saturated carbocycles. The number of pyridine rings is 1. The van der Waals surface area contributed by atoms with Gasteiger partial charge in [0.25, 0.3) is 0 Å². The van der Waals surface area contributed by atoms with E-state index < -0.39 is 6.36 Å². The number of hydrogen-bond acceptors (Lipinski definition) is 2. The van der Waals surface area contributed by atoms with Crippen LogP contribution >= 0.6 is 0 Å². The van der Waals surface area contributed by atoms with Crippen LogP contribution in [0, 0.1) is 0 Å². The van der Waals surface area contributed by atoms with Crippen molar-refractivity contribution in [1.29, 1.82) is 0 Å². The van der Waals surface area contributed by atoms with Crippen molar-refractivity contribution in [3.8, 4) is 5.88 Å². The Labute approximate surface area is 80.3 Å². The first-order chi connectivity index (χ1) is 6.83. The molecular formula is C11H8FNO. The van der Waals surface area contributed by atoms with Crippen LogP contribution in [0.2, 0.25) is 0 Å². The van der Waals surface area contributed by atoms with E-state index in [0.717, 1.165) is 16.5 Å². The summed E-state index contributed by atoms with van der Waals surface area (Å²) in [5, 5.41) is 1.03. The molecule has 2 aromatic rings. The number of para-hydroxylation sites is 1. The molecule has 1 aromatic carbocycles. The number of alkyl halides is 1. The largest absolute Gasteiger partial charge is 0.443 e. The van der Waals surface area contributed by atoms with Crippen molar-refractivity contribution in [2.45, 2.75) is 12.8 Å². The molecule has 0 spiro atoms. The molecule has 3 heteroatoms. The summed E-state index contributed by atoms with van der Waals surface area (Å²) < 4.78 is 17.8. The highest BCUT2D eigenvalue weighted by Gasteiger charge is 2.23. The van der Waals surface area contributed by atoms with Crippen LogP contribution in [0.3, 0.4) is 0 Å². The van der Waals surface area contributed by atoms with Gasteiger partial charge in [0.05, 0.1) is 5.52 Å². The molecular weight excluding hydrogens is 181 g/mol. The number of rotatable bonds is 0. The van der Waals surface area contributed by atoms with Gasteiger partial charge in [-0.3, -0.25) is 0 Å². The Morgan fingerprint density at radius 1 is 1.36 bits per heavy atom. The van der Waals surface area contributed by atoms with Crippen molar-refractivity contribution < 1.29 is 9.13 Å². The third-order valence-electron chi connectivity index (χ3n) is 2.38. The van der Waals surface area contributed by atoms with E-state index in [0.29, 0.717) is 12.3 Å². The van der Waals surface area contributed by atoms with Crippen molar-refractivity contribution in [2.24, 2.45) is 0 Å². The minimum atomic E-state index is -1.23. The van der Waals surface area contributed by atoms with E-state index in [1.807, 2.05) is 30.3 Å². The first kappa shape index (κ1) is 7.74. The summed E-state index contributed by atoms with van der Waals surface area (Å²) >= 11 is 0. The first-order valence-corrected chi connectivity index (χ1v) is 4.52. The first-order valence-electron chi connectivity index (χ1n) is 4.52. The van der Waals surface area contributed by atoms with Gasteiger partial charge in [-0.25, -0.2) is 9.37 Å². The topological polar surface area (TPSA) is 22.1 Å². The van der Waals surface area contributed by atoms with Gasteiger partial charge in [-0.1, -0.05) is 18.2 Å². The van der Waals surface area contributed by atoms with Crippen LogP contribution in [0.4, 0.5) is 4.39 Å². The molecule has 0 fully saturated rings. The Bertz CT molecular complexity index is 453. The number of aromatic nitrogens is 1. The summed E-state index contributed by atoms with van der Waals surface area (Å²) in [5.74, 6) is 0.441. The molecule has 1 atom stereocenters. The minimum absolute atomic E-state index is 0.313. The molecule has 0 amide bonds. The van der Waals surface area contributed by atoms with Gasteiger partial charge < -0.3 is 4.74 Å². The normalized spacial score (nSPS) is 19.4. The summed E-state index contributed by atoms with van der Waals surface area (Å²) in [6.07, 6.45) is -0.915. The maximum Gasteiger partial charge on any atom is 0.244 e. The third-order valence-corrected chi connectivity index (χ3v) is 2.38. The molecule has 0 aliphatic carbocycles. The lowest BCUT2D eigenvalue weighted by atomic mass is 10.1. The highest BCUT2D eigenvalue weighted by Crippen LogP contribution is 2.30. The van der Waals surface area contributed by atoms with E-state index >= 15 is 0 Å². The highest BCUT2D eigenvalue weighted by molar-refractivity contribution is 5.80. The van der Waals surface area contributed by atoms with Gasteiger partial charge in [0, 0.05) is 17.4 Å². The molecule has 14 heavy (non-hydrogen) atoms. The number of hydrogen-bond donors (Lipinski definition) is 0. The number of benzene rings is 1. The van der Waals surface area contributed by atoms with Crippen LogP contribution in [0.15, 0.2) is 30.3 Å². The van der Waals surface area contributed by atoms with Crippen molar-refractivity contribution in [2.75, 3.05) is 0 Å². The molecule has 3 rings (SSSR count). The second-order valence-corrected chi connectivity index (χ2v) is 3.38. The average Bonchev–Trinajstić information content (AvgIpc) is 2.53. The lowest BCUT2D eigenvalue weighted by Crippen LogP contribution is -2.03.